The molecule has 0 saturated carbocycles. The molecule has 3 amide bonds. The zero-order valence-corrected chi connectivity index (χ0v) is 12.9. The van der Waals surface area contributed by atoms with Crippen LogP contribution >= 0.6 is 0 Å². The average Bonchev–Trinajstić information content (AvgIpc) is 3.01. The van der Waals surface area contributed by atoms with Gasteiger partial charge in [-0.2, -0.15) is 0 Å². The van der Waals surface area contributed by atoms with E-state index >= 15 is 0 Å². The fraction of sp³-hybridized carbons (Fsp3) is 0.438. The van der Waals surface area contributed by atoms with Gasteiger partial charge in [-0.1, -0.05) is 30.3 Å². The molecular formula is C16H19N3O4. The second-order valence-electron chi connectivity index (χ2n) is 5.85. The molecule has 23 heavy (non-hydrogen) atoms. The molecule has 7 heteroatoms. The summed E-state index contributed by atoms with van der Waals surface area (Å²) in [7, 11) is 0. The van der Waals surface area contributed by atoms with Crippen LogP contribution in [0.15, 0.2) is 30.3 Å². The summed E-state index contributed by atoms with van der Waals surface area (Å²) in [6.45, 7) is 2.81. The SMILES string of the molecule is CCOC(=O)[C@@H]1C[C@]2(CN1Cc1ccccc1)NC(=O)NC2=O. The second kappa shape index (κ2) is 6.00. The first kappa shape index (κ1) is 15.5. The fourth-order valence-corrected chi connectivity index (χ4v) is 3.22. The van der Waals surface area contributed by atoms with E-state index in [0.717, 1.165) is 5.56 Å². The van der Waals surface area contributed by atoms with Crippen LogP contribution in [0, 0.1) is 0 Å². The summed E-state index contributed by atoms with van der Waals surface area (Å²) in [4.78, 5) is 37.8. The molecule has 0 bridgehead atoms. The van der Waals surface area contributed by atoms with Crippen molar-refractivity contribution >= 4 is 17.9 Å². The van der Waals surface area contributed by atoms with Crippen molar-refractivity contribution in [2.75, 3.05) is 13.2 Å². The van der Waals surface area contributed by atoms with Crippen molar-refractivity contribution in [1.29, 1.82) is 0 Å². The first-order valence-electron chi connectivity index (χ1n) is 7.62. The Bertz CT molecular complexity index is 633. The van der Waals surface area contributed by atoms with Crippen LogP contribution in [0.1, 0.15) is 18.9 Å². The van der Waals surface area contributed by atoms with E-state index in [2.05, 4.69) is 10.6 Å². The molecule has 1 aromatic carbocycles. The Labute approximate surface area is 134 Å². The molecule has 0 aromatic heterocycles. The van der Waals surface area contributed by atoms with Gasteiger partial charge in [0.2, 0.25) is 0 Å². The van der Waals surface area contributed by atoms with Gasteiger partial charge in [-0.3, -0.25) is 19.8 Å². The number of rotatable bonds is 4. The molecule has 2 atom stereocenters. The van der Waals surface area contributed by atoms with Gasteiger partial charge in [0, 0.05) is 19.5 Å². The Morgan fingerprint density at radius 3 is 2.70 bits per heavy atom. The lowest BCUT2D eigenvalue weighted by molar-refractivity contribution is -0.148. The quantitative estimate of drug-likeness (QED) is 0.620. The Morgan fingerprint density at radius 2 is 2.09 bits per heavy atom. The third-order valence-corrected chi connectivity index (χ3v) is 4.26. The predicted molar refractivity (Wildman–Crippen MR) is 81.3 cm³/mol. The number of imide groups is 1. The van der Waals surface area contributed by atoms with E-state index in [1.165, 1.54) is 0 Å². The molecule has 1 aromatic rings. The van der Waals surface area contributed by atoms with Crippen molar-refractivity contribution in [2.45, 2.75) is 31.5 Å². The van der Waals surface area contributed by atoms with Crippen LogP contribution in [0.3, 0.4) is 0 Å². The third kappa shape index (κ3) is 2.92. The molecule has 2 fully saturated rings. The minimum Gasteiger partial charge on any atom is -0.465 e. The van der Waals surface area contributed by atoms with Gasteiger partial charge in [0.15, 0.2) is 0 Å². The highest BCUT2D eigenvalue weighted by molar-refractivity contribution is 6.07. The monoisotopic (exact) mass is 317 g/mol. The summed E-state index contributed by atoms with van der Waals surface area (Å²) in [5.74, 6) is -0.749. The van der Waals surface area contributed by atoms with E-state index in [-0.39, 0.29) is 31.4 Å². The summed E-state index contributed by atoms with van der Waals surface area (Å²) in [6.07, 6.45) is 0.218. The van der Waals surface area contributed by atoms with Crippen molar-refractivity contribution in [3.8, 4) is 0 Å². The second-order valence-corrected chi connectivity index (χ2v) is 5.85. The predicted octanol–water partition coefficient (Wildman–Crippen LogP) is 0.402. The summed E-state index contributed by atoms with van der Waals surface area (Å²) in [5.41, 5.74) is -0.0212. The molecule has 1 spiro atoms. The van der Waals surface area contributed by atoms with Gasteiger partial charge in [0.05, 0.1) is 6.61 Å². The lowest BCUT2D eigenvalue weighted by Crippen LogP contribution is -2.48. The molecule has 0 radical (unpaired) electrons. The van der Waals surface area contributed by atoms with Crippen LogP contribution in [-0.2, 0) is 20.9 Å². The maximum atomic E-state index is 12.3. The number of nitrogens with zero attached hydrogens (tertiary/aromatic N) is 1. The minimum atomic E-state index is -1.05. The largest absolute Gasteiger partial charge is 0.465 e. The van der Waals surface area contributed by atoms with Gasteiger partial charge >= 0.3 is 12.0 Å². The fourth-order valence-electron chi connectivity index (χ4n) is 3.22. The number of hydrogen-bond donors (Lipinski definition) is 2. The lowest BCUT2D eigenvalue weighted by Gasteiger charge is -2.23. The number of ether oxygens (including phenoxy) is 1. The molecule has 122 valence electrons. The molecular weight excluding hydrogens is 298 g/mol. The van der Waals surface area contributed by atoms with Gasteiger partial charge in [0.1, 0.15) is 11.6 Å². The number of amides is 3. The number of likely N-dealkylation sites (tertiary alicyclic amines) is 1. The van der Waals surface area contributed by atoms with Crippen molar-refractivity contribution < 1.29 is 19.1 Å². The smallest absolute Gasteiger partial charge is 0.323 e. The van der Waals surface area contributed by atoms with Crippen molar-refractivity contribution in [2.24, 2.45) is 0 Å². The van der Waals surface area contributed by atoms with Gasteiger partial charge in [-0.15, -0.1) is 0 Å². The molecule has 2 N–H and O–H groups in total. The average molecular weight is 317 g/mol. The van der Waals surface area contributed by atoms with Gasteiger partial charge < -0.3 is 10.1 Å². The zero-order valence-electron chi connectivity index (χ0n) is 12.9. The van der Waals surface area contributed by atoms with Gasteiger partial charge in [-0.25, -0.2) is 4.79 Å². The Balaban J connectivity index is 1.84. The van der Waals surface area contributed by atoms with Gasteiger partial charge in [-0.05, 0) is 12.5 Å². The Hall–Kier alpha value is -2.41. The maximum Gasteiger partial charge on any atom is 0.323 e. The van der Waals surface area contributed by atoms with Gasteiger partial charge in [0.25, 0.3) is 5.91 Å². The van der Waals surface area contributed by atoms with Crippen molar-refractivity contribution in [3.05, 3.63) is 35.9 Å². The number of benzene rings is 1. The number of carbonyl (C=O) groups excluding carboxylic acids is 3. The van der Waals surface area contributed by atoms with Crippen LogP contribution in [0.5, 0.6) is 0 Å². The van der Waals surface area contributed by atoms with Crippen LogP contribution in [0.2, 0.25) is 0 Å². The normalized spacial score (nSPS) is 27.1. The van der Waals surface area contributed by atoms with E-state index in [4.69, 9.17) is 4.74 Å². The van der Waals surface area contributed by atoms with E-state index in [1.54, 1.807) is 6.92 Å². The molecule has 7 nitrogen and oxygen atoms in total. The molecule has 2 heterocycles. The molecule has 2 aliphatic heterocycles. The number of nitrogens with one attached hydrogen (secondary N) is 2. The topological polar surface area (TPSA) is 87.7 Å². The first-order valence-corrected chi connectivity index (χ1v) is 7.62. The highest BCUT2D eigenvalue weighted by Crippen LogP contribution is 2.31. The molecule has 2 saturated heterocycles. The Morgan fingerprint density at radius 1 is 1.35 bits per heavy atom. The number of esters is 1. The standard InChI is InChI=1S/C16H19N3O4/c1-2-23-13(20)12-8-16(14(21)17-15(22)18-16)10-19(12)9-11-6-4-3-5-7-11/h3-7,12H,2,8-10H2,1H3,(H2,17,18,21,22)/t12-,16+/m0/s1. The summed E-state index contributed by atoms with van der Waals surface area (Å²) >= 11 is 0. The van der Waals surface area contributed by atoms with E-state index < -0.39 is 17.6 Å². The Kier molecular flexibility index (Phi) is 4.04. The summed E-state index contributed by atoms with van der Waals surface area (Å²) in [5, 5.41) is 4.93. The first-order chi connectivity index (χ1) is 11.0. The zero-order chi connectivity index (χ0) is 16.4. The lowest BCUT2D eigenvalue weighted by atomic mass is 9.96. The van der Waals surface area contributed by atoms with Crippen molar-refractivity contribution in [3.63, 3.8) is 0 Å². The third-order valence-electron chi connectivity index (χ3n) is 4.26. The van der Waals surface area contributed by atoms with Crippen LogP contribution in [-0.4, -0.2) is 47.5 Å². The number of hydrogen-bond acceptors (Lipinski definition) is 5. The summed E-state index contributed by atoms with van der Waals surface area (Å²) in [6, 6.07) is 8.61. The number of carbonyl (C=O) groups is 3. The molecule has 3 rings (SSSR count). The molecule has 0 aliphatic carbocycles. The molecule has 2 aliphatic rings. The van der Waals surface area contributed by atoms with E-state index in [1.807, 2.05) is 35.2 Å². The van der Waals surface area contributed by atoms with Crippen molar-refractivity contribution in [1.82, 2.24) is 15.5 Å². The summed E-state index contributed by atoms with van der Waals surface area (Å²) < 4.78 is 5.13. The minimum absolute atomic E-state index is 0.218. The maximum absolute atomic E-state index is 12.3. The highest BCUT2D eigenvalue weighted by atomic mass is 16.5. The van der Waals surface area contributed by atoms with E-state index in [9.17, 15) is 14.4 Å². The molecule has 0 unspecified atom stereocenters. The van der Waals surface area contributed by atoms with Crippen LogP contribution in [0.25, 0.3) is 0 Å². The van der Waals surface area contributed by atoms with Crippen LogP contribution < -0.4 is 10.6 Å². The highest BCUT2D eigenvalue weighted by Gasteiger charge is 2.56. The number of urea groups is 1. The van der Waals surface area contributed by atoms with E-state index in [0.29, 0.717) is 6.54 Å². The van der Waals surface area contributed by atoms with Crippen LogP contribution in [0.4, 0.5) is 4.79 Å².